The smallest absolute Gasteiger partial charge is 0.252 e. The molecule has 2 aromatic rings. The molecule has 2 saturated heterocycles. The van der Waals surface area contributed by atoms with Crippen molar-refractivity contribution in [2.24, 2.45) is 5.73 Å². The fourth-order valence-corrected chi connectivity index (χ4v) is 4.19. The van der Waals surface area contributed by atoms with Crippen molar-refractivity contribution in [2.45, 2.75) is 38.2 Å². The summed E-state index contributed by atoms with van der Waals surface area (Å²) in [4.78, 5) is 31.8. The molecule has 2 amide bonds. The molecule has 2 fully saturated rings. The molecule has 3 N–H and O–H groups in total. The van der Waals surface area contributed by atoms with E-state index in [-0.39, 0.29) is 30.1 Å². The summed E-state index contributed by atoms with van der Waals surface area (Å²) in [6, 6.07) is 10.5. The summed E-state index contributed by atoms with van der Waals surface area (Å²) < 4.78 is 0. The summed E-state index contributed by atoms with van der Waals surface area (Å²) in [6.07, 6.45) is -1.20. The van der Waals surface area contributed by atoms with E-state index in [2.05, 4.69) is 10.2 Å². The van der Waals surface area contributed by atoms with Crippen LogP contribution in [-0.2, 0) is 16.1 Å². The predicted molar refractivity (Wildman–Crippen MR) is 115 cm³/mol. The lowest BCUT2D eigenvalue weighted by Crippen LogP contribution is -2.81. The van der Waals surface area contributed by atoms with E-state index in [1.807, 2.05) is 30.9 Å². The molecule has 164 valence electrons. The zero-order valence-corrected chi connectivity index (χ0v) is 18.2. The number of aliphatic hydroxyl groups is 1. The summed E-state index contributed by atoms with van der Waals surface area (Å²) in [5.41, 5.74) is 5.61. The van der Waals surface area contributed by atoms with Crippen LogP contribution in [0.25, 0.3) is 0 Å². The first kappa shape index (κ1) is 21.5. The van der Waals surface area contributed by atoms with E-state index < -0.39 is 11.8 Å². The van der Waals surface area contributed by atoms with Gasteiger partial charge in [0.05, 0.1) is 13.1 Å². The number of hydrogen-bond donors (Lipinski definition) is 2. The minimum atomic E-state index is -1.20. The highest BCUT2D eigenvalue weighted by molar-refractivity contribution is 6.30. The third kappa shape index (κ3) is 3.84. The van der Waals surface area contributed by atoms with E-state index in [4.69, 9.17) is 17.3 Å². The summed E-state index contributed by atoms with van der Waals surface area (Å²) in [5.74, 6) is 0.410. The number of carbonyl (C=O) groups excluding carboxylic acids is 2. The Morgan fingerprint density at radius 1 is 1.13 bits per heavy atom. The molecule has 1 aromatic carbocycles. The summed E-state index contributed by atoms with van der Waals surface area (Å²) in [7, 11) is 0. The van der Waals surface area contributed by atoms with E-state index in [1.165, 1.54) is 0 Å². The van der Waals surface area contributed by atoms with E-state index in [0.29, 0.717) is 30.5 Å². The molecular formula is C21H25ClN6O3. The molecule has 9 nitrogen and oxygen atoms in total. The summed E-state index contributed by atoms with van der Waals surface area (Å²) in [6.45, 7) is 4.83. The molecule has 10 heteroatoms. The number of aliphatic hydroxyl groups excluding tert-OH is 1. The van der Waals surface area contributed by atoms with Crippen LogP contribution in [0.15, 0.2) is 36.4 Å². The third-order valence-electron chi connectivity index (χ3n) is 5.86. The van der Waals surface area contributed by atoms with E-state index >= 15 is 0 Å². The number of anilines is 1. The minimum absolute atomic E-state index is 0.0609. The minimum Gasteiger partial charge on any atom is -0.373 e. The van der Waals surface area contributed by atoms with Gasteiger partial charge in [0.25, 0.3) is 5.91 Å². The second kappa shape index (κ2) is 8.07. The number of benzene rings is 1. The van der Waals surface area contributed by atoms with Crippen molar-refractivity contribution in [3.8, 4) is 0 Å². The Bertz CT molecular complexity index is 974. The van der Waals surface area contributed by atoms with Gasteiger partial charge < -0.3 is 25.5 Å². The molecule has 31 heavy (non-hydrogen) atoms. The Labute approximate surface area is 185 Å². The molecule has 0 saturated carbocycles. The van der Waals surface area contributed by atoms with Gasteiger partial charge in [0.15, 0.2) is 11.4 Å². The normalized spacial score (nSPS) is 19.2. The second-order valence-electron chi connectivity index (χ2n) is 8.28. The first-order chi connectivity index (χ1) is 14.7. The van der Waals surface area contributed by atoms with Gasteiger partial charge in [0, 0.05) is 17.6 Å². The largest absolute Gasteiger partial charge is 0.373 e. The highest BCUT2D eigenvalue weighted by Crippen LogP contribution is 2.37. The Balaban J connectivity index is 1.61. The Kier molecular flexibility index (Phi) is 5.59. The lowest BCUT2D eigenvalue weighted by molar-refractivity contribution is -0.170. The standard InChI is InChI=1S/C21H25ClN6O3/c1-13(2)27-10-18(29)28(9-14-3-5-15(22)6-4-14)21(20(27)31)11-26(12-21)17-8-7-16(19(23)30)24-25-17/h3-8,13,19,30H,9-12,23H2,1-2H3. The molecule has 1 spiro atoms. The number of nitrogens with zero attached hydrogens (tertiary/aromatic N) is 5. The molecule has 0 radical (unpaired) electrons. The van der Waals surface area contributed by atoms with Gasteiger partial charge in [0.1, 0.15) is 18.5 Å². The zero-order chi connectivity index (χ0) is 22.3. The quantitative estimate of drug-likeness (QED) is 0.658. The summed E-state index contributed by atoms with van der Waals surface area (Å²) in [5, 5.41) is 18.1. The van der Waals surface area contributed by atoms with Crippen molar-refractivity contribution < 1.29 is 14.7 Å². The van der Waals surface area contributed by atoms with Gasteiger partial charge in [-0.3, -0.25) is 9.59 Å². The van der Waals surface area contributed by atoms with Crippen LogP contribution < -0.4 is 10.6 Å². The number of aromatic nitrogens is 2. The number of piperazine rings is 1. The second-order valence-corrected chi connectivity index (χ2v) is 8.72. The van der Waals surface area contributed by atoms with Crippen molar-refractivity contribution in [1.29, 1.82) is 0 Å². The molecule has 3 heterocycles. The van der Waals surface area contributed by atoms with Crippen molar-refractivity contribution in [3.05, 3.63) is 52.7 Å². The van der Waals surface area contributed by atoms with Crippen molar-refractivity contribution in [2.75, 3.05) is 24.5 Å². The number of amides is 2. The molecule has 0 bridgehead atoms. The summed E-state index contributed by atoms with van der Waals surface area (Å²) >= 11 is 5.99. The van der Waals surface area contributed by atoms with Crippen LogP contribution in [0.1, 0.15) is 31.3 Å². The topological polar surface area (TPSA) is 116 Å². The Hall–Kier alpha value is -2.75. The van der Waals surface area contributed by atoms with Crippen LogP contribution in [0.2, 0.25) is 5.02 Å². The highest BCUT2D eigenvalue weighted by Gasteiger charge is 2.60. The van der Waals surface area contributed by atoms with Crippen LogP contribution in [0.4, 0.5) is 5.82 Å². The Morgan fingerprint density at radius 2 is 1.81 bits per heavy atom. The monoisotopic (exact) mass is 444 g/mol. The van der Waals surface area contributed by atoms with Crippen molar-refractivity contribution >= 4 is 29.2 Å². The van der Waals surface area contributed by atoms with Gasteiger partial charge in [-0.15, -0.1) is 10.2 Å². The molecule has 1 aromatic heterocycles. The van der Waals surface area contributed by atoms with Crippen LogP contribution >= 0.6 is 11.6 Å². The average Bonchev–Trinajstić information content (AvgIpc) is 2.71. The van der Waals surface area contributed by atoms with E-state index in [1.54, 1.807) is 34.1 Å². The zero-order valence-electron chi connectivity index (χ0n) is 17.4. The van der Waals surface area contributed by atoms with Gasteiger partial charge in [-0.05, 0) is 43.7 Å². The number of nitrogens with two attached hydrogens (primary N) is 1. The van der Waals surface area contributed by atoms with Gasteiger partial charge in [-0.2, -0.15) is 0 Å². The number of carbonyl (C=O) groups is 2. The van der Waals surface area contributed by atoms with Crippen LogP contribution in [-0.4, -0.2) is 68.1 Å². The highest BCUT2D eigenvalue weighted by atomic mass is 35.5. The van der Waals surface area contributed by atoms with Gasteiger partial charge in [-0.1, -0.05) is 23.7 Å². The van der Waals surface area contributed by atoms with E-state index in [9.17, 15) is 14.7 Å². The maximum Gasteiger partial charge on any atom is 0.252 e. The molecular weight excluding hydrogens is 420 g/mol. The molecule has 1 atom stereocenters. The van der Waals surface area contributed by atoms with Crippen LogP contribution in [0.5, 0.6) is 0 Å². The molecule has 2 aliphatic heterocycles. The maximum atomic E-state index is 13.5. The first-order valence-corrected chi connectivity index (χ1v) is 10.5. The first-order valence-electron chi connectivity index (χ1n) is 10.1. The predicted octanol–water partition coefficient (Wildman–Crippen LogP) is 0.918. The Morgan fingerprint density at radius 3 is 2.35 bits per heavy atom. The van der Waals surface area contributed by atoms with Crippen LogP contribution in [0, 0.1) is 0 Å². The number of rotatable bonds is 5. The van der Waals surface area contributed by atoms with Crippen LogP contribution in [0.3, 0.4) is 0 Å². The number of halogens is 1. The fourth-order valence-electron chi connectivity index (χ4n) is 4.07. The molecule has 4 rings (SSSR count). The van der Waals surface area contributed by atoms with Gasteiger partial charge in [-0.25, -0.2) is 0 Å². The van der Waals surface area contributed by atoms with Gasteiger partial charge in [0.2, 0.25) is 5.91 Å². The maximum absolute atomic E-state index is 13.5. The van der Waals surface area contributed by atoms with Crippen molar-refractivity contribution in [3.63, 3.8) is 0 Å². The molecule has 0 aliphatic carbocycles. The fraction of sp³-hybridized carbons (Fsp3) is 0.429. The average molecular weight is 445 g/mol. The lowest BCUT2D eigenvalue weighted by Gasteiger charge is -2.58. The SMILES string of the molecule is CC(C)N1CC(=O)N(Cc2ccc(Cl)cc2)C2(CN(c3ccc(C(N)O)nn3)C2)C1=O. The lowest BCUT2D eigenvalue weighted by atomic mass is 9.82. The van der Waals surface area contributed by atoms with Gasteiger partial charge >= 0.3 is 0 Å². The van der Waals surface area contributed by atoms with Crippen molar-refractivity contribution in [1.82, 2.24) is 20.0 Å². The molecule has 2 aliphatic rings. The van der Waals surface area contributed by atoms with E-state index in [0.717, 1.165) is 5.56 Å². The third-order valence-corrected chi connectivity index (χ3v) is 6.11. The molecule has 1 unspecified atom stereocenters. The number of hydrogen-bond acceptors (Lipinski definition) is 7.